The molecular formula is C20H22ClNO3. The molecule has 5 heteroatoms. The summed E-state index contributed by atoms with van der Waals surface area (Å²) < 4.78 is 10.7. The number of halogens is 1. The monoisotopic (exact) mass is 359 g/mol. The lowest BCUT2D eigenvalue weighted by atomic mass is 9.87. The molecule has 0 aromatic heterocycles. The maximum Gasteiger partial charge on any atom is 0.231 e. The van der Waals surface area contributed by atoms with Crippen LogP contribution < -0.4 is 14.8 Å². The minimum atomic E-state index is -0.228. The Bertz CT molecular complexity index is 758. The van der Waals surface area contributed by atoms with Gasteiger partial charge in [0, 0.05) is 5.02 Å². The predicted molar refractivity (Wildman–Crippen MR) is 98.2 cm³/mol. The van der Waals surface area contributed by atoms with Gasteiger partial charge < -0.3 is 14.8 Å². The molecular weight excluding hydrogens is 338 g/mol. The minimum Gasteiger partial charge on any atom is -0.454 e. The zero-order valence-electron chi connectivity index (χ0n) is 14.6. The zero-order chi connectivity index (χ0) is 18.0. The molecule has 1 aliphatic heterocycles. The lowest BCUT2D eigenvalue weighted by Crippen LogP contribution is -2.34. The van der Waals surface area contributed by atoms with Crippen LogP contribution in [0.5, 0.6) is 11.5 Å². The summed E-state index contributed by atoms with van der Waals surface area (Å²) in [6.07, 6.45) is 0. The number of carbonyl (C=O) groups is 1. The van der Waals surface area contributed by atoms with Gasteiger partial charge in [0.1, 0.15) is 0 Å². The molecule has 0 aliphatic carbocycles. The summed E-state index contributed by atoms with van der Waals surface area (Å²) in [5.41, 5.74) is 1.95. The summed E-state index contributed by atoms with van der Waals surface area (Å²) in [6, 6.07) is 13.1. The molecule has 2 aromatic rings. The Morgan fingerprint density at radius 2 is 1.64 bits per heavy atom. The van der Waals surface area contributed by atoms with Crippen LogP contribution in [0.1, 0.15) is 43.9 Å². The number of amides is 1. The van der Waals surface area contributed by atoms with Crippen molar-refractivity contribution in [3.05, 3.63) is 58.6 Å². The highest BCUT2D eigenvalue weighted by molar-refractivity contribution is 6.30. The molecule has 1 amide bonds. The van der Waals surface area contributed by atoms with E-state index in [4.69, 9.17) is 21.1 Å². The van der Waals surface area contributed by atoms with Gasteiger partial charge in [0.15, 0.2) is 11.5 Å². The van der Waals surface area contributed by atoms with Gasteiger partial charge in [0.05, 0.1) is 12.0 Å². The summed E-state index contributed by atoms with van der Waals surface area (Å²) in [6.45, 7) is 6.30. The van der Waals surface area contributed by atoms with Crippen molar-refractivity contribution in [2.45, 2.75) is 32.7 Å². The van der Waals surface area contributed by atoms with E-state index in [0.717, 1.165) is 22.6 Å². The van der Waals surface area contributed by atoms with Gasteiger partial charge in [-0.05, 0) is 48.2 Å². The van der Waals surface area contributed by atoms with Gasteiger partial charge in [-0.15, -0.1) is 0 Å². The Hall–Kier alpha value is -2.20. The molecule has 0 saturated carbocycles. The molecule has 0 unspecified atom stereocenters. The first-order chi connectivity index (χ1) is 12.0. The molecule has 3 rings (SSSR count). The Balaban J connectivity index is 1.75. The van der Waals surface area contributed by atoms with E-state index in [2.05, 4.69) is 5.32 Å². The van der Waals surface area contributed by atoms with Gasteiger partial charge in [-0.3, -0.25) is 4.79 Å². The number of ether oxygens (including phenoxy) is 2. The summed E-state index contributed by atoms with van der Waals surface area (Å²) in [5.74, 6) is 1.40. The van der Waals surface area contributed by atoms with E-state index in [-0.39, 0.29) is 30.6 Å². The number of hydrogen-bond donors (Lipinski definition) is 1. The van der Waals surface area contributed by atoms with Crippen LogP contribution in [0.15, 0.2) is 42.5 Å². The van der Waals surface area contributed by atoms with E-state index in [1.54, 1.807) is 0 Å². The lowest BCUT2D eigenvalue weighted by Gasteiger charge is -2.24. The average Bonchev–Trinajstić information content (AvgIpc) is 3.04. The van der Waals surface area contributed by atoms with Crippen LogP contribution >= 0.6 is 11.6 Å². The second-order valence-corrected chi connectivity index (χ2v) is 7.05. The van der Waals surface area contributed by atoms with E-state index in [0.29, 0.717) is 5.02 Å². The van der Waals surface area contributed by atoms with Crippen molar-refractivity contribution in [2.24, 2.45) is 5.92 Å². The second kappa shape index (κ2) is 7.36. The highest BCUT2D eigenvalue weighted by Gasteiger charge is 2.26. The van der Waals surface area contributed by atoms with Crippen molar-refractivity contribution in [1.82, 2.24) is 5.32 Å². The summed E-state index contributed by atoms with van der Waals surface area (Å²) in [5, 5.41) is 3.78. The maximum atomic E-state index is 12.9. The first-order valence-corrected chi connectivity index (χ1v) is 8.79. The van der Waals surface area contributed by atoms with Crippen LogP contribution in [-0.2, 0) is 4.79 Å². The summed E-state index contributed by atoms with van der Waals surface area (Å²) in [7, 11) is 0. The van der Waals surface area contributed by atoms with E-state index in [9.17, 15) is 4.79 Å². The molecule has 25 heavy (non-hydrogen) atoms. The Kier molecular flexibility index (Phi) is 5.19. The molecule has 2 atom stereocenters. The molecule has 1 heterocycles. The number of benzene rings is 2. The van der Waals surface area contributed by atoms with Crippen LogP contribution in [0.25, 0.3) is 0 Å². The number of fused-ring (bicyclic) bond motifs is 1. The van der Waals surface area contributed by atoms with Crippen LogP contribution in [0.3, 0.4) is 0 Å². The maximum absolute atomic E-state index is 12.9. The Morgan fingerprint density at radius 3 is 2.32 bits per heavy atom. The third-order valence-electron chi connectivity index (χ3n) is 4.43. The molecule has 2 aromatic carbocycles. The summed E-state index contributed by atoms with van der Waals surface area (Å²) in [4.78, 5) is 12.9. The third-order valence-corrected chi connectivity index (χ3v) is 4.69. The fourth-order valence-electron chi connectivity index (χ4n) is 3.08. The molecule has 4 nitrogen and oxygen atoms in total. The average molecular weight is 360 g/mol. The van der Waals surface area contributed by atoms with Crippen molar-refractivity contribution >= 4 is 17.5 Å². The highest BCUT2D eigenvalue weighted by atomic mass is 35.5. The fraction of sp³-hybridized carbons (Fsp3) is 0.350. The summed E-state index contributed by atoms with van der Waals surface area (Å²) >= 11 is 5.96. The normalized spacial score (nSPS) is 15.1. The molecule has 0 radical (unpaired) electrons. The van der Waals surface area contributed by atoms with E-state index in [1.165, 1.54) is 0 Å². The number of carbonyl (C=O) groups excluding carboxylic acids is 1. The first kappa shape index (κ1) is 17.6. The van der Waals surface area contributed by atoms with Crippen molar-refractivity contribution in [1.29, 1.82) is 0 Å². The van der Waals surface area contributed by atoms with E-state index in [1.807, 2.05) is 63.2 Å². The first-order valence-electron chi connectivity index (χ1n) is 8.41. The number of rotatable bonds is 5. The van der Waals surface area contributed by atoms with Gasteiger partial charge >= 0.3 is 0 Å². The van der Waals surface area contributed by atoms with Gasteiger partial charge in [0.25, 0.3) is 0 Å². The smallest absolute Gasteiger partial charge is 0.231 e. The standard InChI is InChI=1S/C20H22ClNO3/c1-12(2)19(14-4-7-16(21)8-5-14)20(23)22-13(3)15-6-9-17-18(10-15)25-11-24-17/h4-10,12-13,19H,11H2,1-3H3,(H,22,23)/t13-,19-/m1/s1. The van der Waals surface area contributed by atoms with Crippen molar-refractivity contribution < 1.29 is 14.3 Å². The van der Waals surface area contributed by atoms with Crippen LogP contribution in [0.2, 0.25) is 5.02 Å². The minimum absolute atomic E-state index is 0.00230. The van der Waals surface area contributed by atoms with Crippen molar-refractivity contribution in [3.8, 4) is 11.5 Å². The molecule has 0 bridgehead atoms. The zero-order valence-corrected chi connectivity index (χ0v) is 15.3. The molecule has 132 valence electrons. The molecule has 1 N–H and O–H groups in total. The van der Waals surface area contributed by atoms with Gasteiger partial charge in [-0.1, -0.05) is 43.6 Å². The predicted octanol–water partition coefficient (Wildman–Crippen LogP) is 4.69. The quantitative estimate of drug-likeness (QED) is 0.842. The van der Waals surface area contributed by atoms with Gasteiger partial charge in [-0.2, -0.15) is 0 Å². The van der Waals surface area contributed by atoms with Crippen LogP contribution in [-0.4, -0.2) is 12.7 Å². The molecule has 1 aliphatic rings. The molecule has 0 fully saturated rings. The third kappa shape index (κ3) is 3.90. The van der Waals surface area contributed by atoms with E-state index < -0.39 is 0 Å². The largest absolute Gasteiger partial charge is 0.454 e. The topological polar surface area (TPSA) is 47.6 Å². The van der Waals surface area contributed by atoms with Crippen LogP contribution in [0.4, 0.5) is 0 Å². The second-order valence-electron chi connectivity index (χ2n) is 6.62. The van der Waals surface area contributed by atoms with E-state index >= 15 is 0 Å². The van der Waals surface area contributed by atoms with Crippen molar-refractivity contribution in [2.75, 3.05) is 6.79 Å². The highest BCUT2D eigenvalue weighted by Crippen LogP contribution is 2.34. The number of hydrogen-bond acceptors (Lipinski definition) is 3. The van der Waals surface area contributed by atoms with Crippen LogP contribution in [0, 0.1) is 5.92 Å². The van der Waals surface area contributed by atoms with Gasteiger partial charge in [0.2, 0.25) is 12.7 Å². The SMILES string of the molecule is CC(C)[C@@H](C(=O)N[C@H](C)c1ccc2c(c1)OCO2)c1ccc(Cl)cc1. The Morgan fingerprint density at radius 1 is 1.00 bits per heavy atom. The Labute approximate surface area is 153 Å². The molecule has 0 spiro atoms. The number of nitrogens with one attached hydrogen (secondary N) is 1. The van der Waals surface area contributed by atoms with Gasteiger partial charge in [-0.25, -0.2) is 0 Å². The lowest BCUT2D eigenvalue weighted by molar-refractivity contribution is -0.124. The molecule has 0 saturated heterocycles. The van der Waals surface area contributed by atoms with Crippen molar-refractivity contribution in [3.63, 3.8) is 0 Å². The fourth-order valence-corrected chi connectivity index (χ4v) is 3.20.